The number of carboxylic acids is 1. The summed E-state index contributed by atoms with van der Waals surface area (Å²) in [7, 11) is -3.35. The number of hydrogen-bond acceptors (Lipinski definition) is 5. The van der Waals surface area contributed by atoms with Crippen LogP contribution < -0.4 is 4.31 Å². The molecule has 20 heavy (non-hydrogen) atoms. The van der Waals surface area contributed by atoms with E-state index >= 15 is 0 Å². The smallest absolute Gasteiger partial charge is 0.335 e. The highest BCUT2D eigenvalue weighted by molar-refractivity contribution is 7.93. The van der Waals surface area contributed by atoms with Crippen molar-refractivity contribution in [3.8, 4) is 0 Å². The molecule has 0 radical (unpaired) electrons. The largest absolute Gasteiger partial charge is 0.479 e. The van der Waals surface area contributed by atoms with E-state index in [2.05, 4.69) is 0 Å². The first-order valence-corrected chi connectivity index (χ1v) is 7.63. The first kappa shape index (κ1) is 14.8. The summed E-state index contributed by atoms with van der Waals surface area (Å²) in [5.74, 6) is -1.48. The minimum atomic E-state index is -3.35. The van der Waals surface area contributed by atoms with Crippen molar-refractivity contribution in [2.24, 2.45) is 0 Å². The fourth-order valence-electron chi connectivity index (χ4n) is 2.11. The molecule has 0 aromatic heterocycles. The highest BCUT2D eigenvalue weighted by Gasteiger charge is 2.30. The van der Waals surface area contributed by atoms with E-state index in [1.807, 2.05) is 0 Å². The third-order valence-electron chi connectivity index (χ3n) is 3.15. The molecule has 1 fully saturated rings. The third kappa shape index (κ3) is 2.77. The lowest BCUT2D eigenvalue weighted by molar-refractivity contribution is -0.153. The lowest BCUT2D eigenvalue weighted by Crippen LogP contribution is -2.28. The number of rotatable bonds is 4. The minimum absolute atomic E-state index is 0.0670. The molecule has 1 heterocycles. The summed E-state index contributed by atoms with van der Waals surface area (Å²) in [6, 6.07) is 5.88. The van der Waals surface area contributed by atoms with Crippen molar-refractivity contribution in [2.75, 3.05) is 16.6 Å². The fraction of sp³-hybridized carbons (Fsp3) is 0.417. The van der Waals surface area contributed by atoms with Crippen molar-refractivity contribution in [1.29, 1.82) is 0 Å². The molecule has 1 aliphatic rings. The Morgan fingerprint density at radius 1 is 1.30 bits per heavy atom. The van der Waals surface area contributed by atoms with Gasteiger partial charge in [0.1, 0.15) is 6.10 Å². The van der Waals surface area contributed by atoms with Gasteiger partial charge in [-0.2, -0.15) is 0 Å². The van der Waals surface area contributed by atoms with Gasteiger partial charge in [-0.25, -0.2) is 13.2 Å². The summed E-state index contributed by atoms with van der Waals surface area (Å²) in [4.78, 5) is 10.6. The van der Waals surface area contributed by atoms with Gasteiger partial charge >= 0.3 is 5.97 Å². The standard InChI is InChI=1S/C12H15NO6S/c14-10(11(15)12(16)17)8-3-1-4-9(7-8)13-5-2-6-20(13,18)19/h1,3-4,7,10-11,14-15H,2,5-6H2,(H,16,17). The van der Waals surface area contributed by atoms with Crippen LogP contribution in [0.5, 0.6) is 0 Å². The van der Waals surface area contributed by atoms with Gasteiger partial charge in [-0.05, 0) is 24.1 Å². The Morgan fingerprint density at radius 2 is 2.00 bits per heavy atom. The minimum Gasteiger partial charge on any atom is -0.479 e. The van der Waals surface area contributed by atoms with Crippen LogP contribution in [0.3, 0.4) is 0 Å². The van der Waals surface area contributed by atoms with Gasteiger partial charge in [0.15, 0.2) is 6.10 Å². The molecule has 0 bridgehead atoms. The highest BCUT2D eigenvalue weighted by Crippen LogP contribution is 2.27. The maximum Gasteiger partial charge on any atom is 0.335 e. The van der Waals surface area contributed by atoms with Crippen LogP contribution in [0.2, 0.25) is 0 Å². The number of nitrogens with zero attached hydrogens (tertiary/aromatic N) is 1. The van der Waals surface area contributed by atoms with Crippen LogP contribution in [0.25, 0.3) is 0 Å². The van der Waals surface area contributed by atoms with Crippen LogP contribution >= 0.6 is 0 Å². The Bertz CT molecular complexity index is 614. The van der Waals surface area contributed by atoms with Crippen molar-refractivity contribution in [3.63, 3.8) is 0 Å². The van der Waals surface area contributed by atoms with Gasteiger partial charge in [0, 0.05) is 6.54 Å². The molecule has 0 saturated carbocycles. The summed E-state index contributed by atoms with van der Waals surface area (Å²) in [5, 5.41) is 27.7. The molecule has 2 unspecified atom stereocenters. The summed E-state index contributed by atoms with van der Waals surface area (Å²) >= 11 is 0. The van der Waals surface area contributed by atoms with Crippen molar-refractivity contribution < 1.29 is 28.5 Å². The van der Waals surface area contributed by atoms with Crippen molar-refractivity contribution >= 4 is 21.7 Å². The Balaban J connectivity index is 2.31. The topological polar surface area (TPSA) is 115 Å². The molecule has 3 N–H and O–H groups in total. The number of hydrogen-bond donors (Lipinski definition) is 3. The Labute approximate surface area is 116 Å². The molecule has 1 saturated heterocycles. The number of benzene rings is 1. The van der Waals surface area contributed by atoms with Crippen molar-refractivity contribution in [2.45, 2.75) is 18.6 Å². The number of carboxylic acid groups (broad SMARTS) is 1. The van der Waals surface area contributed by atoms with E-state index in [1.54, 1.807) is 6.07 Å². The van der Waals surface area contributed by atoms with Crippen LogP contribution in [0.4, 0.5) is 5.69 Å². The maximum absolute atomic E-state index is 11.8. The molecule has 2 atom stereocenters. The Kier molecular flexibility index (Phi) is 3.98. The normalized spacial score (nSPS) is 20.6. The third-order valence-corrected chi connectivity index (χ3v) is 5.02. The van der Waals surface area contributed by atoms with Gasteiger partial charge in [-0.3, -0.25) is 4.31 Å². The predicted octanol–water partition coefficient (Wildman–Crippen LogP) is -0.295. The number of aliphatic carboxylic acids is 1. The molecule has 0 spiro atoms. The van der Waals surface area contributed by atoms with E-state index in [-0.39, 0.29) is 11.3 Å². The molecule has 7 nitrogen and oxygen atoms in total. The monoisotopic (exact) mass is 301 g/mol. The van der Waals surface area contributed by atoms with E-state index in [9.17, 15) is 23.4 Å². The van der Waals surface area contributed by atoms with Gasteiger partial charge in [-0.1, -0.05) is 12.1 Å². The molecule has 1 aromatic rings. The van der Waals surface area contributed by atoms with Crippen molar-refractivity contribution in [3.05, 3.63) is 29.8 Å². The fourth-order valence-corrected chi connectivity index (χ4v) is 3.67. The van der Waals surface area contributed by atoms with Crippen LogP contribution in [0, 0.1) is 0 Å². The van der Waals surface area contributed by atoms with Gasteiger partial charge in [0.05, 0.1) is 11.4 Å². The first-order valence-electron chi connectivity index (χ1n) is 6.02. The van der Waals surface area contributed by atoms with Crippen LogP contribution in [0.1, 0.15) is 18.1 Å². The molecule has 0 amide bonds. The SMILES string of the molecule is O=C(O)C(O)C(O)c1cccc(N2CCCS2(=O)=O)c1. The summed E-state index contributed by atoms with van der Waals surface area (Å²) in [6.07, 6.45) is -3.05. The molecule has 2 rings (SSSR count). The van der Waals surface area contributed by atoms with Gasteiger partial charge < -0.3 is 15.3 Å². The summed E-state index contributed by atoms with van der Waals surface area (Å²) in [6.45, 7) is 0.351. The average molecular weight is 301 g/mol. The van der Waals surface area contributed by atoms with Gasteiger partial charge in [-0.15, -0.1) is 0 Å². The van der Waals surface area contributed by atoms with Crippen LogP contribution in [0.15, 0.2) is 24.3 Å². The van der Waals surface area contributed by atoms with E-state index < -0.39 is 28.2 Å². The number of aliphatic hydroxyl groups excluding tert-OH is 2. The highest BCUT2D eigenvalue weighted by atomic mass is 32.2. The lowest BCUT2D eigenvalue weighted by atomic mass is 10.0. The molecular weight excluding hydrogens is 286 g/mol. The quantitative estimate of drug-likeness (QED) is 0.703. The number of sulfonamides is 1. The number of carbonyl (C=O) groups is 1. The Hall–Kier alpha value is -1.64. The second-order valence-corrected chi connectivity index (χ2v) is 6.58. The zero-order chi connectivity index (χ0) is 14.9. The maximum atomic E-state index is 11.8. The second kappa shape index (κ2) is 5.39. The molecule has 1 aromatic carbocycles. The zero-order valence-electron chi connectivity index (χ0n) is 10.5. The van der Waals surface area contributed by atoms with Crippen LogP contribution in [-0.2, 0) is 14.8 Å². The van der Waals surface area contributed by atoms with Crippen molar-refractivity contribution in [1.82, 2.24) is 0 Å². The predicted molar refractivity (Wildman–Crippen MR) is 70.8 cm³/mol. The first-order chi connectivity index (χ1) is 9.33. The number of aliphatic hydroxyl groups is 2. The molecule has 1 aliphatic heterocycles. The lowest BCUT2D eigenvalue weighted by Gasteiger charge is -2.20. The number of anilines is 1. The molecular formula is C12H15NO6S. The van der Waals surface area contributed by atoms with Crippen LogP contribution in [-0.4, -0.2) is 48.1 Å². The van der Waals surface area contributed by atoms with Gasteiger partial charge in [0.25, 0.3) is 0 Å². The van der Waals surface area contributed by atoms with E-state index in [1.165, 1.54) is 22.5 Å². The second-order valence-electron chi connectivity index (χ2n) is 4.56. The van der Waals surface area contributed by atoms with Gasteiger partial charge in [0.2, 0.25) is 10.0 Å². The molecule has 110 valence electrons. The van der Waals surface area contributed by atoms with E-state index in [4.69, 9.17) is 5.11 Å². The summed E-state index contributed by atoms with van der Waals surface area (Å²) in [5.41, 5.74) is 0.510. The zero-order valence-corrected chi connectivity index (χ0v) is 11.3. The molecule has 0 aliphatic carbocycles. The Morgan fingerprint density at radius 3 is 2.55 bits per heavy atom. The summed E-state index contributed by atoms with van der Waals surface area (Å²) < 4.78 is 24.8. The molecule has 8 heteroatoms. The van der Waals surface area contributed by atoms with E-state index in [0.29, 0.717) is 18.7 Å². The average Bonchev–Trinajstić information content (AvgIpc) is 2.76. The van der Waals surface area contributed by atoms with E-state index in [0.717, 1.165) is 0 Å².